The third-order valence-electron chi connectivity index (χ3n) is 4.87. The van der Waals surface area contributed by atoms with Gasteiger partial charge >= 0.3 is 0 Å². The van der Waals surface area contributed by atoms with E-state index in [4.69, 9.17) is 4.74 Å². The summed E-state index contributed by atoms with van der Waals surface area (Å²) in [5, 5.41) is 2.52. The fourth-order valence-electron chi connectivity index (χ4n) is 3.43. The number of amides is 2. The molecule has 0 spiro atoms. The summed E-state index contributed by atoms with van der Waals surface area (Å²) in [6.07, 6.45) is 1.90. The maximum Gasteiger partial charge on any atom is 0.254 e. The highest BCUT2D eigenvalue weighted by molar-refractivity contribution is 5.94. The minimum atomic E-state index is -0.928. The van der Waals surface area contributed by atoms with Crippen LogP contribution in [0.2, 0.25) is 0 Å². The van der Waals surface area contributed by atoms with Crippen molar-refractivity contribution in [3.8, 4) is 5.75 Å². The Hall–Kier alpha value is -2.96. The lowest BCUT2D eigenvalue weighted by Gasteiger charge is -2.25. The fourth-order valence-corrected chi connectivity index (χ4v) is 3.43. The van der Waals surface area contributed by atoms with Crippen molar-refractivity contribution < 1.29 is 23.1 Å². The van der Waals surface area contributed by atoms with E-state index in [9.17, 15) is 18.4 Å². The van der Waals surface area contributed by atoms with Crippen LogP contribution in [0, 0.1) is 11.6 Å². The van der Waals surface area contributed by atoms with Gasteiger partial charge in [0.15, 0.2) is 0 Å². The molecule has 2 amide bonds. The summed E-state index contributed by atoms with van der Waals surface area (Å²) >= 11 is 0. The van der Waals surface area contributed by atoms with E-state index in [1.54, 1.807) is 7.11 Å². The summed E-state index contributed by atoms with van der Waals surface area (Å²) in [5.41, 5.74) is 0.801. The van der Waals surface area contributed by atoms with E-state index >= 15 is 0 Å². The van der Waals surface area contributed by atoms with Crippen molar-refractivity contribution in [3.63, 3.8) is 0 Å². The van der Waals surface area contributed by atoms with Gasteiger partial charge in [0.05, 0.1) is 18.7 Å². The molecule has 2 aromatic rings. The van der Waals surface area contributed by atoms with Crippen LogP contribution in [0.3, 0.4) is 0 Å². The van der Waals surface area contributed by atoms with E-state index in [-0.39, 0.29) is 30.5 Å². The van der Waals surface area contributed by atoms with E-state index in [1.807, 2.05) is 29.2 Å². The molecule has 0 bridgehead atoms. The highest BCUT2D eigenvalue weighted by Crippen LogP contribution is 2.33. The Morgan fingerprint density at radius 2 is 1.93 bits per heavy atom. The van der Waals surface area contributed by atoms with Gasteiger partial charge in [-0.15, -0.1) is 0 Å². The lowest BCUT2D eigenvalue weighted by atomic mass is 10.0. The molecular formula is C21H22F2N2O3. The zero-order chi connectivity index (χ0) is 20.1. The number of nitrogens with one attached hydrogen (secondary N) is 1. The molecule has 7 heteroatoms. The van der Waals surface area contributed by atoms with Gasteiger partial charge in [0.2, 0.25) is 5.91 Å². The first-order valence-electron chi connectivity index (χ1n) is 9.16. The highest BCUT2D eigenvalue weighted by Gasteiger charge is 2.29. The van der Waals surface area contributed by atoms with Gasteiger partial charge in [-0.25, -0.2) is 8.78 Å². The summed E-state index contributed by atoms with van der Waals surface area (Å²) in [6.45, 7) is 0.746. The maximum absolute atomic E-state index is 13.6. The second-order valence-corrected chi connectivity index (χ2v) is 6.65. The van der Waals surface area contributed by atoms with Crippen LogP contribution in [0.15, 0.2) is 42.5 Å². The van der Waals surface area contributed by atoms with Gasteiger partial charge < -0.3 is 15.0 Å². The van der Waals surface area contributed by atoms with Crippen LogP contribution < -0.4 is 10.1 Å². The van der Waals surface area contributed by atoms with Gasteiger partial charge in [-0.05, 0) is 42.7 Å². The predicted octanol–water partition coefficient (Wildman–Crippen LogP) is 3.46. The molecule has 28 heavy (non-hydrogen) atoms. The third kappa shape index (κ3) is 4.47. The average molecular weight is 388 g/mol. The van der Waals surface area contributed by atoms with E-state index < -0.39 is 17.5 Å². The number of ether oxygens (including phenoxy) is 1. The average Bonchev–Trinajstić information content (AvgIpc) is 3.17. The first-order valence-corrected chi connectivity index (χ1v) is 9.16. The summed E-state index contributed by atoms with van der Waals surface area (Å²) in [7, 11) is 1.60. The Labute approximate surface area is 162 Å². The molecule has 0 radical (unpaired) electrons. The van der Waals surface area contributed by atoms with Crippen LogP contribution >= 0.6 is 0 Å². The van der Waals surface area contributed by atoms with Crippen molar-refractivity contribution in [2.75, 3.05) is 20.2 Å². The molecular weight excluding hydrogens is 366 g/mol. The van der Waals surface area contributed by atoms with E-state index in [2.05, 4.69) is 5.32 Å². The highest BCUT2D eigenvalue weighted by atomic mass is 19.1. The molecule has 1 heterocycles. The monoisotopic (exact) mass is 388 g/mol. The number of hydrogen-bond donors (Lipinski definition) is 1. The van der Waals surface area contributed by atoms with Gasteiger partial charge in [0.25, 0.3) is 5.91 Å². The number of rotatable bonds is 6. The van der Waals surface area contributed by atoms with Crippen molar-refractivity contribution in [2.24, 2.45) is 0 Å². The molecule has 0 saturated carbocycles. The van der Waals surface area contributed by atoms with Gasteiger partial charge in [-0.1, -0.05) is 12.1 Å². The minimum Gasteiger partial charge on any atom is -0.497 e. The summed E-state index contributed by atoms with van der Waals surface area (Å²) < 4.78 is 31.7. The smallest absolute Gasteiger partial charge is 0.254 e. The number of benzene rings is 2. The number of carbonyl (C=O) groups is 2. The minimum absolute atomic E-state index is 0.00338. The maximum atomic E-state index is 13.6. The molecule has 5 nitrogen and oxygen atoms in total. The van der Waals surface area contributed by atoms with E-state index in [0.29, 0.717) is 12.6 Å². The van der Waals surface area contributed by atoms with Crippen LogP contribution in [0.4, 0.5) is 8.78 Å². The first-order chi connectivity index (χ1) is 13.5. The number of carbonyl (C=O) groups excluding carboxylic acids is 2. The Balaban J connectivity index is 1.55. The lowest BCUT2D eigenvalue weighted by molar-refractivity contribution is -0.132. The molecule has 2 aromatic carbocycles. The van der Waals surface area contributed by atoms with Crippen LogP contribution in [-0.4, -0.2) is 36.9 Å². The van der Waals surface area contributed by atoms with Crippen LogP contribution in [0.1, 0.15) is 41.2 Å². The molecule has 1 fully saturated rings. The Kier molecular flexibility index (Phi) is 6.23. The fraction of sp³-hybridized carbons (Fsp3) is 0.333. The van der Waals surface area contributed by atoms with Crippen LogP contribution in [-0.2, 0) is 4.79 Å². The molecule has 0 aromatic heterocycles. The van der Waals surface area contributed by atoms with Crippen molar-refractivity contribution in [1.82, 2.24) is 10.2 Å². The van der Waals surface area contributed by atoms with Crippen molar-refractivity contribution in [3.05, 3.63) is 65.2 Å². The third-order valence-corrected chi connectivity index (χ3v) is 4.87. The van der Waals surface area contributed by atoms with Crippen molar-refractivity contribution in [1.29, 1.82) is 0 Å². The molecule has 1 unspecified atom stereocenters. The van der Waals surface area contributed by atoms with Crippen molar-refractivity contribution >= 4 is 11.8 Å². The standard InChI is InChI=1S/C21H22F2N2O3/c1-28-16-7-4-14(5-8-16)19-3-2-12-25(19)20(26)10-11-24-21(27)17-9-6-15(22)13-18(17)23/h4-9,13,19H,2-3,10-12H2,1H3,(H,24,27). The number of likely N-dealkylation sites (tertiary alicyclic amines) is 1. The number of nitrogens with zero attached hydrogens (tertiary/aromatic N) is 1. The van der Waals surface area contributed by atoms with Crippen LogP contribution in [0.25, 0.3) is 0 Å². The van der Waals surface area contributed by atoms with Gasteiger partial charge in [0.1, 0.15) is 17.4 Å². The van der Waals surface area contributed by atoms with Gasteiger partial charge in [-0.3, -0.25) is 9.59 Å². The molecule has 3 rings (SSSR count). The zero-order valence-corrected chi connectivity index (χ0v) is 15.6. The largest absolute Gasteiger partial charge is 0.497 e. The molecule has 148 valence electrons. The molecule has 1 N–H and O–H groups in total. The Morgan fingerprint density at radius 3 is 2.61 bits per heavy atom. The Bertz CT molecular complexity index is 855. The lowest BCUT2D eigenvalue weighted by Crippen LogP contribution is -2.34. The molecule has 1 atom stereocenters. The molecule has 0 aliphatic carbocycles. The SMILES string of the molecule is COc1ccc(C2CCCN2C(=O)CCNC(=O)c2ccc(F)cc2F)cc1. The first kappa shape index (κ1) is 19.8. The summed E-state index contributed by atoms with van der Waals surface area (Å²) in [5.74, 6) is -1.65. The topological polar surface area (TPSA) is 58.6 Å². The van der Waals surface area contributed by atoms with Crippen LogP contribution in [0.5, 0.6) is 5.75 Å². The van der Waals surface area contributed by atoms with Crippen molar-refractivity contribution in [2.45, 2.75) is 25.3 Å². The number of hydrogen-bond acceptors (Lipinski definition) is 3. The number of methoxy groups -OCH3 is 1. The quantitative estimate of drug-likeness (QED) is 0.825. The molecule has 1 saturated heterocycles. The van der Waals surface area contributed by atoms with Gasteiger partial charge in [-0.2, -0.15) is 0 Å². The number of halogens is 2. The zero-order valence-electron chi connectivity index (χ0n) is 15.6. The molecule has 1 aliphatic rings. The summed E-state index contributed by atoms with van der Waals surface area (Å²) in [4.78, 5) is 26.4. The Morgan fingerprint density at radius 1 is 1.18 bits per heavy atom. The van der Waals surface area contributed by atoms with E-state index in [0.717, 1.165) is 36.3 Å². The second kappa shape index (κ2) is 8.82. The van der Waals surface area contributed by atoms with Gasteiger partial charge in [0, 0.05) is 25.6 Å². The van der Waals surface area contributed by atoms with E-state index in [1.165, 1.54) is 0 Å². The normalized spacial score (nSPS) is 16.1. The predicted molar refractivity (Wildman–Crippen MR) is 100.0 cm³/mol. The summed E-state index contributed by atoms with van der Waals surface area (Å²) in [6, 6.07) is 10.4. The second-order valence-electron chi connectivity index (χ2n) is 6.65. The molecule has 1 aliphatic heterocycles.